The number of rotatable bonds is 5. The Morgan fingerprint density at radius 2 is 1.85 bits per heavy atom. The van der Waals surface area contributed by atoms with E-state index in [9.17, 15) is 9.59 Å². The number of carbonyl (C=O) groups is 2. The van der Waals surface area contributed by atoms with Gasteiger partial charge in [-0.3, -0.25) is 14.6 Å². The molecule has 1 aromatic carbocycles. The van der Waals surface area contributed by atoms with Crippen molar-refractivity contribution in [2.24, 2.45) is 17.1 Å². The summed E-state index contributed by atoms with van der Waals surface area (Å²) < 4.78 is 0. The molecule has 140 valence electrons. The van der Waals surface area contributed by atoms with E-state index in [0.29, 0.717) is 32.4 Å². The highest BCUT2D eigenvalue weighted by molar-refractivity contribution is 5.84. The minimum atomic E-state index is -0.599. The number of benzene rings is 1. The van der Waals surface area contributed by atoms with Crippen molar-refractivity contribution in [3.63, 3.8) is 0 Å². The summed E-state index contributed by atoms with van der Waals surface area (Å²) in [6, 6.07) is 12.1. The third-order valence-electron chi connectivity index (χ3n) is 6.00. The Bertz CT molecular complexity index is 838. The molecule has 1 saturated carbocycles. The number of hydrogen-bond acceptors (Lipinski definition) is 3. The van der Waals surface area contributed by atoms with E-state index < -0.39 is 5.41 Å². The first-order valence-corrected chi connectivity index (χ1v) is 9.66. The smallest absolute Gasteiger partial charge is 0.225 e. The molecule has 5 nitrogen and oxygen atoms in total. The van der Waals surface area contributed by atoms with Crippen LogP contribution in [-0.2, 0) is 16.0 Å². The van der Waals surface area contributed by atoms with Crippen molar-refractivity contribution >= 4 is 11.8 Å². The molecule has 0 radical (unpaired) electrons. The van der Waals surface area contributed by atoms with E-state index >= 15 is 0 Å². The fourth-order valence-electron chi connectivity index (χ4n) is 4.10. The number of nitrogens with two attached hydrogens (primary N) is 1. The van der Waals surface area contributed by atoms with E-state index in [-0.39, 0.29) is 17.7 Å². The molecule has 0 unspecified atom stereocenters. The van der Waals surface area contributed by atoms with Crippen LogP contribution in [0.4, 0.5) is 0 Å². The number of likely N-dealkylation sites (tertiary alicyclic amines) is 1. The zero-order valence-corrected chi connectivity index (χ0v) is 15.4. The van der Waals surface area contributed by atoms with Crippen LogP contribution in [0.3, 0.4) is 0 Å². The highest BCUT2D eigenvalue weighted by atomic mass is 16.2. The Hall–Kier alpha value is -2.69. The SMILES string of the molecule is NC(=O)C1(Cc2ccccc2-c2cccnc2)CCN(C(=O)C2CC2)CC1. The Labute approximate surface area is 159 Å². The number of aromatic nitrogens is 1. The van der Waals surface area contributed by atoms with Crippen molar-refractivity contribution in [3.8, 4) is 11.1 Å². The van der Waals surface area contributed by atoms with Gasteiger partial charge in [0.05, 0.1) is 5.41 Å². The maximum atomic E-state index is 12.5. The monoisotopic (exact) mass is 363 g/mol. The third kappa shape index (κ3) is 3.59. The van der Waals surface area contributed by atoms with Crippen LogP contribution >= 0.6 is 0 Å². The van der Waals surface area contributed by atoms with Gasteiger partial charge in [-0.2, -0.15) is 0 Å². The Kier molecular flexibility index (Phi) is 4.68. The van der Waals surface area contributed by atoms with Gasteiger partial charge in [-0.15, -0.1) is 0 Å². The highest BCUT2D eigenvalue weighted by Crippen LogP contribution is 2.39. The Morgan fingerprint density at radius 1 is 1.11 bits per heavy atom. The number of piperidine rings is 1. The molecular weight excluding hydrogens is 338 g/mol. The second-order valence-corrected chi connectivity index (χ2v) is 7.82. The van der Waals surface area contributed by atoms with Crippen molar-refractivity contribution < 1.29 is 9.59 Å². The fraction of sp³-hybridized carbons (Fsp3) is 0.409. The largest absolute Gasteiger partial charge is 0.369 e. The normalized spacial score (nSPS) is 18.9. The summed E-state index contributed by atoms with van der Waals surface area (Å²) in [5.74, 6) is 0.211. The molecule has 2 amide bonds. The molecule has 0 spiro atoms. The van der Waals surface area contributed by atoms with Crippen LogP contribution in [0.5, 0.6) is 0 Å². The van der Waals surface area contributed by atoms with Crippen molar-refractivity contribution in [1.29, 1.82) is 0 Å². The molecule has 1 aromatic heterocycles. The van der Waals surface area contributed by atoms with Gasteiger partial charge in [-0.1, -0.05) is 30.3 Å². The average molecular weight is 363 g/mol. The molecule has 5 heteroatoms. The lowest BCUT2D eigenvalue weighted by Crippen LogP contribution is -2.50. The molecule has 2 fully saturated rings. The molecule has 2 aromatic rings. The zero-order valence-electron chi connectivity index (χ0n) is 15.4. The van der Waals surface area contributed by atoms with Crippen molar-refractivity contribution in [2.75, 3.05) is 13.1 Å². The van der Waals surface area contributed by atoms with Crippen molar-refractivity contribution in [1.82, 2.24) is 9.88 Å². The number of pyridine rings is 1. The molecular formula is C22H25N3O2. The third-order valence-corrected chi connectivity index (χ3v) is 6.00. The van der Waals surface area contributed by atoms with E-state index in [1.165, 1.54) is 0 Å². The number of nitrogens with zero attached hydrogens (tertiary/aromatic N) is 2. The van der Waals surface area contributed by atoms with Crippen molar-refractivity contribution in [3.05, 3.63) is 54.4 Å². The molecule has 2 heterocycles. The minimum Gasteiger partial charge on any atom is -0.369 e. The molecule has 1 aliphatic carbocycles. The standard InChI is InChI=1S/C22H25N3O2/c23-21(27)22(9-12-25(13-10-22)20(26)16-7-8-16)14-17-4-1-2-6-19(17)18-5-3-11-24-15-18/h1-6,11,15-16H,7-10,12-14H2,(H2,23,27). The van der Waals surface area contributed by atoms with Gasteiger partial charge >= 0.3 is 0 Å². The van der Waals surface area contributed by atoms with Crippen molar-refractivity contribution in [2.45, 2.75) is 32.1 Å². The predicted molar refractivity (Wildman–Crippen MR) is 104 cm³/mol. The molecule has 2 aliphatic rings. The summed E-state index contributed by atoms with van der Waals surface area (Å²) in [7, 11) is 0. The molecule has 4 rings (SSSR count). The predicted octanol–water partition coefficient (Wildman–Crippen LogP) is 2.80. The van der Waals surface area contributed by atoms with Crippen LogP contribution in [0.2, 0.25) is 0 Å². The lowest BCUT2D eigenvalue weighted by molar-refractivity contribution is -0.139. The Morgan fingerprint density at radius 3 is 2.48 bits per heavy atom. The van der Waals surface area contributed by atoms with Crippen LogP contribution < -0.4 is 5.73 Å². The van der Waals surface area contributed by atoms with Gasteiger partial charge in [0.1, 0.15) is 0 Å². The molecule has 0 bridgehead atoms. The minimum absolute atomic E-state index is 0.220. The van der Waals surface area contributed by atoms with Gasteiger partial charge in [-0.05, 0) is 49.3 Å². The fourth-order valence-corrected chi connectivity index (χ4v) is 4.10. The van der Waals surface area contributed by atoms with Crippen LogP contribution in [-0.4, -0.2) is 34.8 Å². The first-order chi connectivity index (χ1) is 13.1. The van der Waals surface area contributed by atoms with Gasteiger partial charge in [0.15, 0.2) is 0 Å². The lowest BCUT2D eigenvalue weighted by Gasteiger charge is -2.40. The van der Waals surface area contributed by atoms with Gasteiger partial charge in [-0.25, -0.2) is 0 Å². The van der Waals surface area contributed by atoms with E-state index in [1.54, 1.807) is 6.20 Å². The van der Waals surface area contributed by atoms with Crippen LogP contribution in [0, 0.1) is 11.3 Å². The molecule has 1 aliphatic heterocycles. The van der Waals surface area contributed by atoms with Crippen LogP contribution in [0.1, 0.15) is 31.2 Å². The summed E-state index contributed by atoms with van der Waals surface area (Å²) in [6.07, 6.45) is 7.46. The summed E-state index contributed by atoms with van der Waals surface area (Å²) in [4.78, 5) is 30.9. The summed E-state index contributed by atoms with van der Waals surface area (Å²) >= 11 is 0. The van der Waals surface area contributed by atoms with Crippen LogP contribution in [0.15, 0.2) is 48.8 Å². The molecule has 27 heavy (non-hydrogen) atoms. The van der Waals surface area contributed by atoms with E-state index in [0.717, 1.165) is 29.5 Å². The maximum absolute atomic E-state index is 12.5. The Balaban J connectivity index is 1.57. The molecule has 2 N–H and O–H groups in total. The second-order valence-electron chi connectivity index (χ2n) is 7.82. The van der Waals surface area contributed by atoms with Gasteiger partial charge in [0.25, 0.3) is 0 Å². The quantitative estimate of drug-likeness (QED) is 0.887. The first kappa shape index (κ1) is 17.7. The number of carbonyl (C=O) groups excluding carboxylic acids is 2. The summed E-state index contributed by atoms with van der Waals surface area (Å²) in [6.45, 7) is 1.24. The molecule has 0 atom stereocenters. The number of amides is 2. The van der Waals surface area contributed by atoms with Gasteiger partial charge < -0.3 is 10.6 Å². The van der Waals surface area contributed by atoms with Crippen LogP contribution in [0.25, 0.3) is 11.1 Å². The number of hydrogen-bond donors (Lipinski definition) is 1. The topological polar surface area (TPSA) is 76.3 Å². The molecule has 1 saturated heterocycles. The first-order valence-electron chi connectivity index (χ1n) is 9.66. The van der Waals surface area contributed by atoms with E-state index in [1.807, 2.05) is 35.4 Å². The van der Waals surface area contributed by atoms with Gasteiger partial charge in [0.2, 0.25) is 11.8 Å². The highest BCUT2D eigenvalue weighted by Gasteiger charge is 2.43. The van der Waals surface area contributed by atoms with Gasteiger partial charge in [0, 0.05) is 37.0 Å². The lowest BCUT2D eigenvalue weighted by atomic mass is 9.72. The maximum Gasteiger partial charge on any atom is 0.225 e. The zero-order chi connectivity index (χ0) is 18.9. The average Bonchev–Trinajstić information content (AvgIpc) is 3.54. The summed E-state index contributed by atoms with van der Waals surface area (Å²) in [5.41, 5.74) is 8.50. The second kappa shape index (κ2) is 7.14. The summed E-state index contributed by atoms with van der Waals surface area (Å²) in [5, 5.41) is 0. The van der Waals surface area contributed by atoms with E-state index in [4.69, 9.17) is 5.73 Å². The van der Waals surface area contributed by atoms with E-state index in [2.05, 4.69) is 17.1 Å². The number of primary amides is 1.